The molecule has 2 aromatic rings. The molecule has 1 saturated heterocycles. The first kappa shape index (κ1) is 23.8. The lowest BCUT2D eigenvalue weighted by Crippen LogP contribution is -2.68. The van der Waals surface area contributed by atoms with Gasteiger partial charge in [-0.05, 0) is 62.2 Å². The standard InChI is InChI=1S/C23H31N2O.ClHO4/c1-4-25-20-10-6-7-11-21(20)26-22(25)15-18-14-19(17-23(2,3)16-18)24-12-8-5-9-13-24;2-1(3,4)5/h6-7,10-11,14-15H,4-5,8-9,12-13,16-17H2,1-3H3;(H,2,3,4,5)/q+1;/p-1. The average molecular weight is 451 g/mol. The number of nitrogens with zero attached hydrogens (tertiary/aromatic N) is 2. The van der Waals surface area contributed by atoms with Crippen molar-refractivity contribution in [2.75, 3.05) is 13.1 Å². The van der Waals surface area contributed by atoms with Crippen LogP contribution in [0.25, 0.3) is 17.2 Å². The van der Waals surface area contributed by atoms with E-state index in [4.69, 9.17) is 23.1 Å². The normalized spacial score (nSPS) is 20.4. The van der Waals surface area contributed by atoms with Gasteiger partial charge in [-0.25, -0.2) is 18.6 Å². The SMILES string of the molecule is CC[n+]1c(/C=C2/C=C(N3CCCCC3)CC(C)(C)C2)oc2ccccc21.[O-][Cl+3]([O-])([O-])[O-]. The molecular weight excluding hydrogens is 420 g/mol. The fourth-order valence-electron chi connectivity index (χ4n) is 4.54. The summed E-state index contributed by atoms with van der Waals surface area (Å²) in [6.45, 7) is 10.3. The number of hydrogen-bond acceptors (Lipinski definition) is 6. The van der Waals surface area contributed by atoms with Gasteiger partial charge in [0.05, 0.1) is 6.08 Å². The maximum Gasteiger partial charge on any atom is 0.374 e. The third-order valence-corrected chi connectivity index (χ3v) is 5.72. The van der Waals surface area contributed by atoms with Crippen LogP contribution in [0, 0.1) is 15.7 Å². The number of para-hydroxylation sites is 2. The summed E-state index contributed by atoms with van der Waals surface area (Å²) in [7, 11) is -4.94. The Labute approximate surface area is 185 Å². The number of rotatable bonds is 3. The molecule has 31 heavy (non-hydrogen) atoms. The molecule has 0 saturated carbocycles. The molecule has 0 atom stereocenters. The first-order valence-electron chi connectivity index (χ1n) is 10.7. The maximum absolute atomic E-state index is 8.49. The van der Waals surface area contributed by atoms with E-state index in [1.807, 2.05) is 6.07 Å². The van der Waals surface area contributed by atoms with Crippen LogP contribution in [0.4, 0.5) is 0 Å². The minimum absolute atomic E-state index is 0.302. The van der Waals surface area contributed by atoms with E-state index in [9.17, 15) is 0 Å². The van der Waals surface area contributed by atoms with Crippen molar-refractivity contribution in [1.29, 1.82) is 0 Å². The number of allylic oxidation sites excluding steroid dienone is 3. The number of halogens is 1. The van der Waals surface area contributed by atoms with E-state index in [1.54, 1.807) is 0 Å². The van der Waals surface area contributed by atoms with Crippen molar-refractivity contribution >= 4 is 17.2 Å². The lowest BCUT2D eigenvalue weighted by molar-refractivity contribution is -2.00. The van der Waals surface area contributed by atoms with E-state index < -0.39 is 10.2 Å². The summed E-state index contributed by atoms with van der Waals surface area (Å²) in [6, 6.07) is 8.33. The van der Waals surface area contributed by atoms with Gasteiger partial charge < -0.3 is 9.32 Å². The quantitative estimate of drug-likeness (QED) is 0.631. The van der Waals surface area contributed by atoms with E-state index in [-0.39, 0.29) is 0 Å². The van der Waals surface area contributed by atoms with Crippen molar-refractivity contribution in [2.45, 2.75) is 59.4 Å². The number of fused-ring (bicyclic) bond motifs is 1. The fourth-order valence-corrected chi connectivity index (χ4v) is 4.54. The molecule has 0 radical (unpaired) electrons. The van der Waals surface area contributed by atoms with E-state index >= 15 is 0 Å². The third-order valence-electron chi connectivity index (χ3n) is 5.72. The number of benzene rings is 1. The zero-order valence-corrected chi connectivity index (χ0v) is 19.2. The van der Waals surface area contributed by atoms with Gasteiger partial charge in [0.1, 0.15) is 6.54 Å². The number of hydrogen-bond donors (Lipinski definition) is 0. The van der Waals surface area contributed by atoms with Gasteiger partial charge in [-0.3, -0.25) is 0 Å². The lowest BCUT2D eigenvalue weighted by Gasteiger charge is -2.39. The Morgan fingerprint density at radius 1 is 1.06 bits per heavy atom. The fraction of sp³-hybridized carbons (Fsp3) is 0.522. The molecule has 0 bridgehead atoms. The van der Waals surface area contributed by atoms with E-state index in [2.05, 4.69) is 60.6 Å². The van der Waals surface area contributed by atoms with Crippen molar-refractivity contribution in [3.8, 4) is 0 Å². The van der Waals surface area contributed by atoms with Crippen LogP contribution in [-0.4, -0.2) is 18.0 Å². The van der Waals surface area contributed by atoms with Gasteiger partial charge in [-0.15, -0.1) is 10.2 Å². The predicted octanol–water partition coefficient (Wildman–Crippen LogP) is 0.557. The molecule has 170 valence electrons. The van der Waals surface area contributed by atoms with Gasteiger partial charge in [0.25, 0.3) is 5.52 Å². The van der Waals surface area contributed by atoms with Crippen molar-refractivity contribution in [3.63, 3.8) is 0 Å². The Morgan fingerprint density at radius 3 is 2.35 bits per heavy atom. The van der Waals surface area contributed by atoms with Gasteiger partial charge in [0.2, 0.25) is 5.58 Å². The summed E-state index contributed by atoms with van der Waals surface area (Å²) in [6.07, 6.45) is 11.0. The lowest BCUT2D eigenvalue weighted by atomic mass is 9.76. The summed E-state index contributed by atoms with van der Waals surface area (Å²) in [5.74, 6) is 0.968. The van der Waals surface area contributed by atoms with Crippen LogP contribution >= 0.6 is 0 Å². The topological polar surface area (TPSA) is 112 Å². The molecule has 1 aromatic heterocycles. The monoisotopic (exact) mass is 450 g/mol. The third kappa shape index (κ3) is 6.79. The molecule has 2 aliphatic rings. The summed E-state index contributed by atoms with van der Waals surface area (Å²) in [5.41, 5.74) is 5.36. The molecule has 0 amide bonds. The molecular formula is C23H31ClN2O5. The molecule has 1 aromatic carbocycles. The summed E-state index contributed by atoms with van der Waals surface area (Å²) in [4.78, 5) is 2.62. The highest BCUT2D eigenvalue weighted by molar-refractivity contribution is 5.69. The zero-order valence-electron chi connectivity index (χ0n) is 18.4. The molecule has 1 aliphatic carbocycles. The van der Waals surface area contributed by atoms with Gasteiger partial charge >= 0.3 is 5.89 Å². The Bertz CT molecular complexity index is 947. The molecule has 2 heterocycles. The van der Waals surface area contributed by atoms with Crippen LogP contribution < -0.4 is 23.2 Å². The summed E-state index contributed by atoms with van der Waals surface area (Å²) < 4.78 is 42.4. The molecule has 8 heteroatoms. The maximum atomic E-state index is 8.49. The van der Waals surface area contributed by atoms with Crippen molar-refractivity contribution in [1.82, 2.24) is 4.90 Å². The second kappa shape index (κ2) is 9.71. The van der Waals surface area contributed by atoms with E-state index in [1.165, 1.54) is 55.6 Å². The molecule has 1 fully saturated rings. The highest BCUT2D eigenvalue weighted by atomic mass is 35.7. The van der Waals surface area contributed by atoms with Gasteiger partial charge in [-0.2, -0.15) is 4.57 Å². The highest BCUT2D eigenvalue weighted by Crippen LogP contribution is 2.40. The number of aryl methyl sites for hydroxylation is 1. The Hall–Kier alpha value is -1.90. The number of piperidine rings is 1. The number of oxazole rings is 1. The highest BCUT2D eigenvalue weighted by Gasteiger charge is 2.30. The summed E-state index contributed by atoms with van der Waals surface area (Å²) in [5, 5.41) is 0. The van der Waals surface area contributed by atoms with Crippen molar-refractivity contribution < 1.29 is 37.9 Å². The first-order chi connectivity index (χ1) is 14.6. The Morgan fingerprint density at radius 2 is 1.71 bits per heavy atom. The van der Waals surface area contributed by atoms with Crippen LogP contribution in [0.3, 0.4) is 0 Å². The minimum Gasteiger partial charge on any atom is -0.398 e. The Balaban J connectivity index is 0.000000491. The van der Waals surface area contributed by atoms with Crippen LogP contribution in [0.15, 0.2) is 46.0 Å². The van der Waals surface area contributed by atoms with Crippen LogP contribution in [0.5, 0.6) is 0 Å². The van der Waals surface area contributed by atoms with Crippen molar-refractivity contribution in [3.05, 3.63) is 47.5 Å². The van der Waals surface area contributed by atoms with Crippen molar-refractivity contribution in [2.24, 2.45) is 5.41 Å². The first-order valence-corrected chi connectivity index (χ1v) is 12.0. The molecule has 7 nitrogen and oxygen atoms in total. The Kier molecular flexibility index (Phi) is 7.44. The number of likely N-dealkylation sites (tertiary alicyclic amines) is 1. The second-order valence-corrected chi connectivity index (χ2v) is 9.71. The van der Waals surface area contributed by atoms with Gasteiger partial charge in [0.15, 0.2) is 0 Å². The number of aromatic nitrogens is 1. The van der Waals surface area contributed by atoms with Gasteiger partial charge in [0, 0.05) is 24.9 Å². The van der Waals surface area contributed by atoms with E-state index in [0.717, 1.165) is 24.4 Å². The smallest absolute Gasteiger partial charge is 0.374 e. The average Bonchev–Trinajstić information content (AvgIpc) is 3.03. The molecule has 0 N–H and O–H groups in total. The van der Waals surface area contributed by atoms with Crippen LogP contribution in [0.2, 0.25) is 0 Å². The second-order valence-electron chi connectivity index (χ2n) is 8.95. The molecule has 0 unspecified atom stereocenters. The molecule has 1 aliphatic heterocycles. The largest absolute Gasteiger partial charge is 0.398 e. The van der Waals surface area contributed by atoms with E-state index in [0.29, 0.717) is 5.41 Å². The van der Waals surface area contributed by atoms with Crippen LogP contribution in [0.1, 0.15) is 58.8 Å². The van der Waals surface area contributed by atoms with Gasteiger partial charge in [-0.1, -0.05) is 26.0 Å². The molecule has 4 rings (SSSR count). The zero-order chi connectivity index (χ0) is 22.6. The molecule has 0 spiro atoms. The minimum atomic E-state index is -4.94. The van der Waals surface area contributed by atoms with Crippen LogP contribution in [-0.2, 0) is 6.54 Å². The predicted molar refractivity (Wildman–Crippen MR) is 107 cm³/mol. The summed E-state index contributed by atoms with van der Waals surface area (Å²) >= 11 is 0.